The van der Waals surface area contributed by atoms with Crippen molar-refractivity contribution in [2.75, 3.05) is 17.7 Å². The van der Waals surface area contributed by atoms with Crippen LogP contribution in [0, 0.1) is 11.6 Å². The van der Waals surface area contributed by atoms with E-state index >= 15 is 0 Å². The van der Waals surface area contributed by atoms with Gasteiger partial charge in [0.15, 0.2) is 11.6 Å². The Morgan fingerprint density at radius 1 is 1.19 bits per heavy atom. The molecule has 112 valence electrons. The fourth-order valence-electron chi connectivity index (χ4n) is 1.73. The molecule has 0 saturated carbocycles. The largest absolute Gasteiger partial charge is 0.490 e. The van der Waals surface area contributed by atoms with E-state index in [9.17, 15) is 8.78 Å². The molecule has 3 N–H and O–H groups in total. The van der Waals surface area contributed by atoms with Gasteiger partial charge in [-0.25, -0.2) is 8.78 Å². The van der Waals surface area contributed by atoms with Crippen molar-refractivity contribution in [2.24, 2.45) is 0 Å². The van der Waals surface area contributed by atoms with E-state index in [0.717, 1.165) is 6.42 Å². The summed E-state index contributed by atoms with van der Waals surface area (Å²) < 4.78 is 32.4. The first-order valence-electron chi connectivity index (χ1n) is 6.45. The first kappa shape index (κ1) is 15.4. The van der Waals surface area contributed by atoms with Gasteiger partial charge in [0.25, 0.3) is 0 Å². The molecule has 0 amide bonds. The molecular weight excluding hydrogens is 298 g/mol. The van der Waals surface area contributed by atoms with Crippen molar-refractivity contribution < 1.29 is 13.5 Å². The first-order chi connectivity index (χ1) is 10.0. The summed E-state index contributed by atoms with van der Waals surface area (Å²) in [4.78, 5) is 0. The lowest BCUT2D eigenvalue weighted by Gasteiger charge is -2.13. The standard InChI is InChI=1S/C15H15ClF2N2O/c1-2-5-21-15-8-14(13(19)7-12(15)18)20-9-3-4-10(16)11(17)6-9/h3-4,6-8,20H,2,5,19H2,1H3. The molecule has 0 aromatic heterocycles. The van der Waals surface area contributed by atoms with Gasteiger partial charge in [0, 0.05) is 17.8 Å². The molecule has 21 heavy (non-hydrogen) atoms. The van der Waals surface area contributed by atoms with E-state index in [4.69, 9.17) is 22.1 Å². The Morgan fingerprint density at radius 3 is 2.62 bits per heavy atom. The SMILES string of the molecule is CCCOc1cc(Nc2ccc(Cl)c(F)c2)c(N)cc1F. The molecule has 6 heteroatoms. The van der Waals surface area contributed by atoms with Crippen LogP contribution in [-0.2, 0) is 0 Å². The van der Waals surface area contributed by atoms with E-state index in [1.807, 2.05) is 6.92 Å². The van der Waals surface area contributed by atoms with E-state index in [2.05, 4.69) is 5.32 Å². The zero-order valence-corrected chi connectivity index (χ0v) is 12.2. The molecule has 2 rings (SSSR count). The number of nitrogens with two attached hydrogens (primary N) is 1. The van der Waals surface area contributed by atoms with Crippen LogP contribution in [0.3, 0.4) is 0 Å². The van der Waals surface area contributed by atoms with Crippen LogP contribution in [0.2, 0.25) is 5.02 Å². The Kier molecular flexibility index (Phi) is 4.85. The predicted octanol–water partition coefficient (Wildman–Crippen LogP) is 4.73. The molecule has 0 bridgehead atoms. The molecule has 0 aliphatic carbocycles. The molecule has 2 aromatic carbocycles. The minimum absolute atomic E-state index is 0.0274. The molecular formula is C15H15ClF2N2O. The lowest BCUT2D eigenvalue weighted by molar-refractivity contribution is 0.301. The monoisotopic (exact) mass is 312 g/mol. The van der Waals surface area contributed by atoms with Crippen molar-refractivity contribution in [2.45, 2.75) is 13.3 Å². The van der Waals surface area contributed by atoms with Gasteiger partial charge >= 0.3 is 0 Å². The molecule has 0 atom stereocenters. The van der Waals surface area contributed by atoms with Crippen molar-refractivity contribution in [3.05, 3.63) is 47.0 Å². The molecule has 0 fully saturated rings. The van der Waals surface area contributed by atoms with E-state index in [-0.39, 0.29) is 16.5 Å². The van der Waals surface area contributed by atoms with Crippen LogP contribution in [-0.4, -0.2) is 6.61 Å². The van der Waals surface area contributed by atoms with Crippen LogP contribution in [0.4, 0.5) is 25.8 Å². The Morgan fingerprint density at radius 2 is 1.95 bits per heavy atom. The summed E-state index contributed by atoms with van der Waals surface area (Å²) in [6, 6.07) is 6.87. The van der Waals surface area contributed by atoms with E-state index in [1.165, 1.54) is 24.3 Å². The second-order valence-electron chi connectivity index (χ2n) is 4.47. The Hall–Kier alpha value is -2.01. The summed E-state index contributed by atoms with van der Waals surface area (Å²) in [5, 5.41) is 2.94. The first-order valence-corrected chi connectivity index (χ1v) is 6.83. The van der Waals surface area contributed by atoms with Gasteiger partial charge < -0.3 is 15.8 Å². The maximum atomic E-state index is 13.7. The highest BCUT2D eigenvalue weighted by Gasteiger charge is 2.10. The third-order valence-corrected chi connectivity index (χ3v) is 3.07. The number of hydrogen-bond donors (Lipinski definition) is 2. The quantitative estimate of drug-likeness (QED) is 0.784. The van der Waals surface area contributed by atoms with Gasteiger partial charge in [0.1, 0.15) is 5.82 Å². The molecule has 0 spiro atoms. The Balaban J connectivity index is 2.28. The zero-order chi connectivity index (χ0) is 15.4. The number of ether oxygens (including phenoxy) is 1. The molecule has 2 aromatic rings. The van der Waals surface area contributed by atoms with Gasteiger partial charge in [0.2, 0.25) is 0 Å². The van der Waals surface area contributed by atoms with E-state index in [1.54, 1.807) is 6.07 Å². The van der Waals surface area contributed by atoms with Crippen LogP contribution < -0.4 is 15.8 Å². The van der Waals surface area contributed by atoms with Gasteiger partial charge in [-0.05, 0) is 24.6 Å². The van der Waals surface area contributed by atoms with Gasteiger partial charge in [0.05, 0.1) is 23.0 Å². The maximum Gasteiger partial charge on any atom is 0.167 e. The molecule has 0 saturated heterocycles. The summed E-state index contributed by atoms with van der Waals surface area (Å²) in [6.45, 7) is 2.32. The normalized spacial score (nSPS) is 10.5. The fraction of sp³-hybridized carbons (Fsp3) is 0.200. The van der Waals surface area contributed by atoms with Crippen molar-refractivity contribution in [1.29, 1.82) is 0 Å². The number of nitrogens with one attached hydrogen (secondary N) is 1. The predicted molar refractivity (Wildman–Crippen MR) is 81.3 cm³/mol. The highest BCUT2D eigenvalue weighted by molar-refractivity contribution is 6.30. The number of nitrogen functional groups attached to an aromatic ring is 1. The second-order valence-corrected chi connectivity index (χ2v) is 4.88. The summed E-state index contributed by atoms with van der Waals surface area (Å²) in [5.41, 5.74) is 6.85. The Labute approximate surface area is 126 Å². The molecule has 0 radical (unpaired) electrons. The third-order valence-electron chi connectivity index (χ3n) is 2.76. The summed E-state index contributed by atoms with van der Waals surface area (Å²) in [5.74, 6) is -0.985. The van der Waals surface area contributed by atoms with Crippen molar-refractivity contribution >= 4 is 28.7 Å². The fourth-order valence-corrected chi connectivity index (χ4v) is 1.85. The van der Waals surface area contributed by atoms with Crippen LogP contribution in [0.1, 0.15) is 13.3 Å². The smallest absolute Gasteiger partial charge is 0.167 e. The van der Waals surface area contributed by atoms with E-state index < -0.39 is 11.6 Å². The lowest BCUT2D eigenvalue weighted by atomic mass is 10.2. The summed E-state index contributed by atoms with van der Waals surface area (Å²) in [6.07, 6.45) is 0.759. The van der Waals surface area contributed by atoms with Crippen LogP contribution in [0.5, 0.6) is 5.75 Å². The molecule has 3 nitrogen and oxygen atoms in total. The highest BCUT2D eigenvalue weighted by Crippen LogP contribution is 2.31. The second kappa shape index (κ2) is 6.63. The lowest BCUT2D eigenvalue weighted by Crippen LogP contribution is -2.02. The molecule has 0 heterocycles. The topological polar surface area (TPSA) is 47.3 Å². The average molecular weight is 313 g/mol. The Bertz CT molecular complexity index is 650. The van der Waals surface area contributed by atoms with Crippen LogP contribution in [0.15, 0.2) is 30.3 Å². The van der Waals surface area contributed by atoms with Gasteiger partial charge in [-0.3, -0.25) is 0 Å². The maximum absolute atomic E-state index is 13.7. The van der Waals surface area contributed by atoms with Crippen molar-refractivity contribution in [1.82, 2.24) is 0 Å². The molecule has 0 aliphatic heterocycles. The van der Waals surface area contributed by atoms with Crippen molar-refractivity contribution in [3.8, 4) is 5.75 Å². The van der Waals surface area contributed by atoms with Crippen LogP contribution >= 0.6 is 11.6 Å². The summed E-state index contributed by atoms with van der Waals surface area (Å²) >= 11 is 5.62. The highest BCUT2D eigenvalue weighted by atomic mass is 35.5. The number of anilines is 3. The molecule has 0 unspecified atom stereocenters. The van der Waals surface area contributed by atoms with Gasteiger partial charge in [-0.15, -0.1) is 0 Å². The van der Waals surface area contributed by atoms with Crippen molar-refractivity contribution in [3.63, 3.8) is 0 Å². The third kappa shape index (κ3) is 3.76. The molecule has 0 aliphatic rings. The minimum Gasteiger partial charge on any atom is -0.490 e. The average Bonchev–Trinajstić information content (AvgIpc) is 2.44. The van der Waals surface area contributed by atoms with Crippen LogP contribution in [0.25, 0.3) is 0 Å². The summed E-state index contributed by atoms with van der Waals surface area (Å²) in [7, 11) is 0. The number of benzene rings is 2. The van der Waals surface area contributed by atoms with E-state index in [0.29, 0.717) is 18.0 Å². The van der Waals surface area contributed by atoms with Gasteiger partial charge in [-0.1, -0.05) is 18.5 Å². The minimum atomic E-state index is -0.551. The van der Waals surface area contributed by atoms with Gasteiger partial charge in [-0.2, -0.15) is 0 Å². The number of halogens is 3. The number of hydrogen-bond acceptors (Lipinski definition) is 3. The zero-order valence-electron chi connectivity index (χ0n) is 11.4. The number of rotatable bonds is 5.